The van der Waals surface area contributed by atoms with Crippen LogP contribution in [0.15, 0.2) is 0 Å². The molecule has 2 N–H and O–H groups in total. The molecular weight excluding hydrogens is 290 g/mol. The number of hydrogen-bond donors (Lipinski definition) is 1. The van der Waals surface area contributed by atoms with Crippen molar-refractivity contribution in [2.24, 2.45) is 11.7 Å². The van der Waals surface area contributed by atoms with Crippen LogP contribution in [0.5, 0.6) is 0 Å². The fraction of sp³-hybridized carbons (Fsp3) is 0.933. The highest BCUT2D eigenvalue weighted by Gasteiger charge is 2.36. The molecule has 0 saturated carbocycles. The number of carbonyl (C=O) groups is 1. The summed E-state index contributed by atoms with van der Waals surface area (Å²) in [6.45, 7) is 10.5. The quantitative estimate of drug-likeness (QED) is 0.824. The molecule has 2 fully saturated rings. The van der Waals surface area contributed by atoms with E-state index in [0.717, 1.165) is 65.2 Å². The van der Waals surface area contributed by atoms with E-state index in [1.165, 1.54) is 0 Å². The van der Waals surface area contributed by atoms with Crippen LogP contribution in [0.2, 0.25) is 0 Å². The van der Waals surface area contributed by atoms with Gasteiger partial charge in [-0.1, -0.05) is 13.3 Å². The van der Waals surface area contributed by atoms with E-state index in [0.29, 0.717) is 5.92 Å². The third kappa shape index (κ3) is 5.09. The molecular formula is C15H30ClN3O2. The highest BCUT2D eigenvalue weighted by molar-refractivity contribution is 5.86. The predicted molar refractivity (Wildman–Crippen MR) is 86.7 cm³/mol. The Kier molecular flexibility index (Phi) is 7.40. The van der Waals surface area contributed by atoms with E-state index in [1.807, 2.05) is 11.8 Å². The molecule has 0 aliphatic carbocycles. The van der Waals surface area contributed by atoms with Crippen LogP contribution in [-0.4, -0.2) is 67.2 Å². The zero-order valence-electron chi connectivity index (χ0n) is 13.3. The first-order valence-electron chi connectivity index (χ1n) is 7.91. The van der Waals surface area contributed by atoms with Gasteiger partial charge in [0.05, 0.1) is 18.8 Å². The van der Waals surface area contributed by atoms with Gasteiger partial charge < -0.3 is 15.4 Å². The van der Waals surface area contributed by atoms with Crippen molar-refractivity contribution in [1.82, 2.24) is 9.80 Å². The van der Waals surface area contributed by atoms with E-state index < -0.39 is 5.54 Å². The molecule has 2 atom stereocenters. The second kappa shape index (κ2) is 8.32. The highest BCUT2D eigenvalue weighted by Crippen LogP contribution is 2.22. The Balaban J connectivity index is 0.00000220. The summed E-state index contributed by atoms with van der Waals surface area (Å²) in [5.74, 6) is 0.721. The maximum absolute atomic E-state index is 12.5. The number of ether oxygens (including phenoxy) is 1. The maximum Gasteiger partial charge on any atom is 0.242 e. The van der Waals surface area contributed by atoms with Gasteiger partial charge >= 0.3 is 0 Å². The van der Waals surface area contributed by atoms with Crippen molar-refractivity contribution >= 4 is 18.3 Å². The number of carbonyl (C=O) groups excluding carboxylic acids is 1. The number of hydrogen-bond acceptors (Lipinski definition) is 4. The van der Waals surface area contributed by atoms with Crippen LogP contribution >= 0.6 is 12.4 Å². The number of morpholine rings is 1. The average Bonchev–Trinajstić information content (AvgIpc) is 2.87. The number of rotatable bonds is 5. The zero-order chi connectivity index (χ0) is 14.6. The molecule has 0 aromatic heterocycles. The third-order valence-electron chi connectivity index (χ3n) is 4.45. The summed E-state index contributed by atoms with van der Waals surface area (Å²) < 4.78 is 5.37. The zero-order valence-corrected chi connectivity index (χ0v) is 14.2. The maximum atomic E-state index is 12.5. The molecule has 1 amide bonds. The van der Waals surface area contributed by atoms with Crippen LogP contribution in [0.1, 0.15) is 33.1 Å². The second-order valence-corrected chi connectivity index (χ2v) is 6.49. The van der Waals surface area contributed by atoms with Crippen molar-refractivity contribution in [1.29, 1.82) is 0 Å². The molecule has 2 heterocycles. The van der Waals surface area contributed by atoms with Crippen molar-refractivity contribution in [3.8, 4) is 0 Å². The minimum absolute atomic E-state index is 0. The number of nitrogens with zero attached hydrogens (tertiary/aromatic N) is 2. The topological polar surface area (TPSA) is 58.8 Å². The smallest absolute Gasteiger partial charge is 0.242 e. The van der Waals surface area contributed by atoms with E-state index in [1.54, 1.807) is 0 Å². The third-order valence-corrected chi connectivity index (χ3v) is 4.45. The van der Waals surface area contributed by atoms with Gasteiger partial charge in [0.2, 0.25) is 5.91 Å². The van der Waals surface area contributed by atoms with Gasteiger partial charge in [0.15, 0.2) is 0 Å². The predicted octanol–water partition coefficient (Wildman–Crippen LogP) is 1.11. The summed E-state index contributed by atoms with van der Waals surface area (Å²) in [6, 6.07) is 0. The normalized spacial score (nSPS) is 26.2. The molecule has 0 aromatic rings. The Bertz CT molecular complexity index is 333. The Labute approximate surface area is 134 Å². The fourth-order valence-corrected chi connectivity index (χ4v) is 3.30. The molecule has 2 saturated heterocycles. The number of likely N-dealkylation sites (tertiary alicyclic amines) is 1. The van der Waals surface area contributed by atoms with Crippen LogP contribution in [0.25, 0.3) is 0 Å². The Morgan fingerprint density at radius 3 is 2.62 bits per heavy atom. The van der Waals surface area contributed by atoms with E-state index >= 15 is 0 Å². The van der Waals surface area contributed by atoms with E-state index in [-0.39, 0.29) is 18.3 Å². The first kappa shape index (κ1) is 18.7. The molecule has 6 heteroatoms. The van der Waals surface area contributed by atoms with Gasteiger partial charge in [-0.15, -0.1) is 12.4 Å². The molecule has 0 radical (unpaired) electrons. The largest absolute Gasteiger partial charge is 0.379 e. The lowest BCUT2D eigenvalue weighted by atomic mass is 9.96. The molecule has 2 rings (SSSR count). The number of halogens is 1. The summed E-state index contributed by atoms with van der Waals surface area (Å²) in [6.07, 6.45) is 2.81. The average molecular weight is 320 g/mol. The summed E-state index contributed by atoms with van der Waals surface area (Å²) in [5.41, 5.74) is 5.47. The van der Waals surface area contributed by atoms with Gasteiger partial charge in [-0.25, -0.2) is 0 Å². The lowest BCUT2D eigenvalue weighted by molar-refractivity contribution is -0.135. The Morgan fingerprint density at radius 1 is 1.33 bits per heavy atom. The van der Waals surface area contributed by atoms with Gasteiger partial charge in [-0.05, 0) is 25.7 Å². The molecule has 2 unspecified atom stereocenters. The van der Waals surface area contributed by atoms with E-state index in [4.69, 9.17) is 10.5 Å². The molecule has 0 aromatic carbocycles. The Hall–Kier alpha value is -0.360. The van der Waals surface area contributed by atoms with Crippen LogP contribution in [0, 0.1) is 5.92 Å². The summed E-state index contributed by atoms with van der Waals surface area (Å²) in [5, 5.41) is 0. The minimum atomic E-state index is -0.692. The SMILES string of the molecule is CCCC(C)(N)C(=O)N1CCC(CN2CCOCC2)C1.Cl. The van der Waals surface area contributed by atoms with Gasteiger partial charge in [-0.2, -0.15) is 0 Å². The summed E-state index contributed by atoms with van der Waals surface area (Å²) in [4.78, 5) is 16.9. The van der Waals surface area contributed by atoms with Gasteiger partial charge in [0, 0.05) is 32.7 Å². The molecule has 0 spiro atoms. The van der Waals surface area contributed by atoms with Crippen molar-refractivity contribution in [3.63, 3.8) is 0 Å². The number of nitrogens with two attached hydrogens (primary N) is 1. The van der Waals surface area contributed by atoms with Crippen molar-refractivity contribution in [3.05, 3.63) is 0 Å². The van der Waals surface area contributed by atoms with Crippen molar-refractivity contribution in [2.75, 3.05) is 45.9 Å². The fourth-order valence-electron chi connectivity index (χ4n) is 3.30. The van der Waals surface area contributed by atoms with E-state index in [2.05, 4.69) is 11.8 Å². The molecule has 5 nitrogen and oxygen atoms in total. The molecule has 2 aliphatic rings. The van der Waals surface area contributed by atoms with Crippen LogP contribution in [0.4, 0.5) is 0 Å². The first-order chi connectivity index (χ1) is 9.53. The minimum Gasteiger partial charge on any atom is -0.379 e. The first-order valence-corrected chi connectivity index (χ1v) is 7.91. The van der Waals surface area contributed by atoms with Crippen molar-refractivity contribution < 1.29 is 9.53 Å². The van der Waals surface area contributed by atoms with Crippen LogP contribution in [0.3, 0.4) is 0 Å². The second-order valence-electron chi connectivity index (χ2n) is 6.49. The Morgan fingerprint density at radius 2 is 2.00 bits per heavy atom. The van der Waals surface area contributed by atoms with Gasteiger partial charge in [0.1, 0.15) is 0 Å². The summed E-state index contributed by atoms with van der Waals surface area (Å²) >= 11 is 0. The lowest BCUT2D eigenvalue weighted by Crippen LogP contribution is -2.52. The standard InChI is InChI=1S/C15H29N3O2.ClH/c1-3-5-15(2,16)14(19)18-6-4-13(12-18)11-17-7-9-20-10-8-17;/h13H,3-12,16H2,1-2H3;1H. The number of amides is 1. The highest BCUT2D eigenvalue weighted by atomic mass is 35.5. The van der Waals surface area contributed by atoms with Crippen molar-refractivity contribution in [2.45, 2.75) is 38.6 Å². The monoisotopic (exact) mass is 319 g/mol. The van der Waals surface area contributed by atoms with Gasteiger partial charge in [-0.3, -0.25) is 9.69 Å². The molecule has 124 valence electrons. The van der Waals surface area contributed by atoms with E-state index in [9.17, 15) is 4.79 Å². The van der Waals surface area contributed by atoms with Crippen LogP contribution < -0.4 is 5.73 Å². The molecule has 2 aliphatic heterocycles. The lowest BCUT2D eigenvalue weighted by Gasteiger charge is -2.30. The molecule has 21 heavy (non-hydrogen) atoms. The van der Waals surface area contributed by atoms with Gasteiger partial charge in [0.25, 0.3) is 0 Å². The molecule has 0 bridgehead atoms. The van der Waals surface area contributed by atoms with Crippen LogP contribution in [-0.2, 0) is 9.53 Å². The summed E-state index contributed by atoms with van der Waals surface area (Å²) in [7, 11) is 0.